The topological polar surface area (TPSA) is 23.5 Å². The molecule has 194 valence electrons. The van der Waals surface area contributed by atoms with Gasteiger partial charge in [-0.1, -0.05) is 63.8 Å². The van der Waals surface area contributed by atoms with E-state index in [1.54, 1.807) is 6.07 Å². The van der Waals surface area contributed by atoms with Gasteiger partial charge in [-0.3, -0.25) is 4.90 Å². The van der Waals surface area contributed by atoms with E-state index in [-0.39, 0.29) is 21.7 Å². The first-order chi connectivity index (χ1) is 16.1. The van der Waals surface area contributed by atoms with Crippen LogP contribution in [0.5, 0.6) is 5.75 Å². The molecule has 3 rings (SSSR count). The highest BCUT2D eigenvalue weighted by atomic mass is 35.5. The summed E-state index contributed by atoms with van der Waals surface area (Å²) in [5.74, 6) is 0.660. The van der Waals surface area contributed by atoms with Crippen molar-refractivity contribution in [2.24, 2.45) is 5.92 Å². The monoisotopic (exact) mass is 509 g/mol. The van der Waals surface area contributed by atoms with Gasteiger partial charge in [0, 0.05) is 29.8 Å². The highest BCUT2D eigenvalue weighted by Gasteiger charge is 2.34. The Bertz CT molecular complexity index is 1030. The Hall–Kier alpha value is -1.72. The molecule has 1 N–H and O–H groups in total. The second kappa shape index (κ2) is 10.3. The first-order valence-corrected chi connectivity index (χ1v) is 12.9. The number of nitrogens with zero attached hydrogens (tertiary/aromatic N) is 1. The van der Waals surface area contributed by atoms with Gasteiger partial charge in [-0.25, -0.2) is 0 Å². The number of benzene rings is 2. The van der Waals surface area contributed by atoms with Crippen LogP contribution in [0.1, 0.15) is 90.3 Å². The Morgan fingerprint density at radius 1 is 0.943 bits per heavy atom. The summed E-state index contributed by atoms with van der Waals surface area (Å²) in [5.41, 5.74) is 1.16. The summed E-state index contributed by atoms with van der Waals surface area (Å²) in [6.07, 6.45) is 1.68. The molecule has 0 radical (unpaired) electrons. The van der Waals surface area contributed by atoms with E-state index in [0.29, 0.717) is 23.6 Å². The third-order valence-corrected chi connectivity index (χ3v) is 7.48. The smallest absolute Gasteiger partial charge is 0.417 e. The van der Waals surface area contributed by atoms with Crippen LogP contribution in [-0.2, 0) is 18.1 Å². The van der Waals surface area contributed by atoms with Gasteiger partial charge < -0.3 is 5.11 Å². The lowest BCUT2D eigenvalue weighted by Gasteiger charge is -2.39. The molecule has 1 saturated carbocycles. The number of rotatable bonds is 5. The zero-order valence-electron chi connectivity index (χ0n) is 21.8. The average molecular weight is 510 g/mol. The van der Waals surface area contributed by atoms with Crippen LogP contribution >= 0.6 is 11.6 Å². The molecule has 0 heterocycles. The lowest BCUT2D eigenvalue weighted by atomic mass is 9.83. The zero-order chi connectivity index (χ0) is 26.2. The minimum Gasteiger partial charge on any atom is -0.507 e. The Labute approximate surface area is 213 Å². The molecule has 0 bridgehead atoms. The standard InChI is InChI=1S/C29H39ClF3NO/c1-27(2,3)22-14-21(18-34(28(4,5)6)17-19-10-8-7-9-11-19)26(35)23(16-22)20-12-13-25(30)24(15-20)29(31,32)33/h12-16,19,35H,7-11,17-18H2,1-6H3. The molecule has 0 spiro atoms. The van der Waals surface area contributed by atoms with Gasteiger partial charge in [-0.2, -0.15) is 13.2 Å². The first-order valence-electron chi connectivity index (χ1n) is 12.6. The van der Waals surface area contributed by atoms with Crippen molar-refractivity contribution in [3.05, 3.63) is 52.0 Å². The van der Waals surface area contributed by atoms with Crippen LogP contribution in [0.15, 0.2) is 30.3 Å². The zero-order valence-corrected chi connectivity index (χ0v) is 22.6. The third-order valence-electron chi connectivity index (χ3n) is 7.15. The van der Waals surface area contributed by atoms with Gasteiger partial charge in [0.2, 0.25) is 0 Å². The van der Waals surface area contributed by atoms with E-state index in [2.05, 4.69) is 46.4 Å². The lowest BCUT2D eigenvalue weighted by Crippen LogP contribution is -2.44. The summed E-state index contributed by atoms with van der Waals surface area (Å²) in [6, 6.07) is 7.67. The molecule has 2 aromatic rings. The number of phenols is 1. The summed E-state index contributed by atoms with van der Waals surface area (Å²) >= 11 is 5.87. The molecule has 1 aliphatic rings. The van der Waals surface area contributed by atoms with Crippen LogP contribution in [0.4, 0.5) is 13.2 Å². The second-order valence-corrected chi connectivity index (χ2v) is 12.4. The minimum absolute atomic E-state index is 0.0336. The van der Waals surface area contributed by atoms with Crippen LogP contribution < -0.4 is 0 Å². The van der Waals surface area contributed by atoms with E-state index in [9.17, 15) is 18.3 Å². The molecule has 2 aromatic carbocycles. The SMILES string of the molecule is CC(C)(C)c1cc(CN(CC2CCCCC2)C(C)(C)C)c(O)c(-c2ccc(Cl)c(C(F)(F)F)c2)c1. The number of phenolic OH excluding ortho intramolecular Hbond substituents is 1. The average Bonchev–Trinajstić information content (AvgIpc) is 2.73. The molecule has 0 saturated heterocycles. The van der Waals surface area contributed by atoms with Crippen LogP contribution in [0.3, 0.4) is 0 Å². The van der Waals surface area contributed by atoms with Gasteiger partial charge in [-0.05, 0) is 74.3 Å². The Morgan fingerprint density at radius 2 is 1.57 bits per heavy atom. The number of halogens is 4. The fourth-order valence-electron chi connectivity index (χ4n) is 4.84. The Kier molecular flexibility index (Phi) is 8.23. The van der Waals surface area contributed by atoms with Crippen LogP contribution in [0.2, 0.25) is 5.02 Å². The molecule has 0 unspecified atom stereocenters. The summed E-state index contributed by atoms with van der Waals surface area (Å²) in [6.45, 7) is 14.2. The lowest BCUT2D eigenvalue weighted by molar-refractivity contribution is -0.137. The number of alkyl halides is 3. The van der Waals surface area contributed by atoms with E-state index in [1.165, 1.54) is 38.2 Å². The fourth-order valence-corrected chi connectivity index (χ4v) is 5.07. The fraction of sp³-hybridized carbons (Fsp3) is 0.586. The largest absolute Gasteiger partial charge is 0.507 e. The van der Waals surface area contributed by atoms with Crippen LogP contribution in [0.25, 0.3) is 11.1 Å². The van der Waals surface area contributed by atoms with Gasteiger partial charge in [0.05, 0.1) is 10.6 Å². The van der Waals surface area contributed by atoms with Crippen molar-refractivity contribution in [3.8, 4) is 16.9 Å². The van der Waals surface area contributed by atoms with Crippen molar-refractivity contribution in [1.29, 1.82) is 0 Å². The maximum atomic E-state index is 13.6. The van der Waals surface area contributed by atoms with Crippen LogP contribution in [0, 0.1) is 5.92 Å². The van der Waals surface area contributed by atoms with Crippen molar-refractivity contribution in [2.75, 3.05) is 6.54 Å². The third kappa shape index (κ3) is 6.95. The van der Waals surface area contributed by atoms with Gasteiger partial charge in [0.15, 0.2) is 0 Å². The highest BCUT2D eigenvalue weighted by Crippen LogP contribution is 2.42. The molecule has 1 aliphatic carbocycles. The summed E-state index contributed by atoms with van der Waals surface area (Å²) in [4.78, 5) is 2.40. The predicted octanol–water partition coefficient (Wildman–Crippen LogP) is 9.21. The number of aromatic hydroxyl groups is 1. The molecule has 0 amide bonds. The highest BCUT2D eigenvalue weighted by molar-refractivity contribution is 6.31. The van der Waals surface area contributed by atoms with E-state index in [4.69, 9.17) is 11.6 Å². The predicted molar refractivity (Wildman–Crippen MR) is 139 cm³/mol. The Morgan fingerprint density at radius 3 is 2.11 bits per heavy atom. The summed E-state index contributed by atoms with van der Waals surface area (Å²) < 4.78 is 40.7. The Balaban J connectivity index is 2.09. The van der Waals surface area contributed by atoms with E-state index in [0.717, 1.165) is 23.7 Å². The summed E-state index contributed by atoms with van der Waals surface area (Å²) in [5, 5.41) is 11.0. The molecular formula is C29H39ClF3NO. The molecule has 1 fully saturated rings. The van der Waals surface area contributed by atoms with Gasteiger partial charge >= 0.3 is 6.18 Å². The molecule has 2 nitrogen and oxygen atoms in total. The van der Waals surface area contributed by atoms with Crippen molar-refractivity contribution in [1.82, 2.24) is 4.90 Å². The first kappa shape index (κ1) is 27.9. The van der Waals surface area contributed by atoms with Crippen molar-refractivity contribution >= 4 is 11.6 Å². The molecule has 0 aliphatic heterocycles. The maximum Gasteiger partial charge on any atom is 0.417 e. The molecule has 6 heteroatoms. The van der Waals surface area contributed by atoms with Crippen LogP contribution in [-0.4, -0.2) is 22.1 Å². The second-order valence-electron chi connectivity index (χ2n) is 12.0. The molecule has 0 atom stereocenters. The number of hydrogen-bond donors (Lipinski definition) is 1. The van der Waals surface area contributed by atoms with E-state index >= 15 is 0 Å². The molecule has 0 aromatic heterocycles. The van der Waals surface area contributed by atoms with Gasteiger partial charge in [0.1, 0.15) is 5.75 Å². The molecule has 35 heavy (non-hydrogen) atoms. The van der Waals surface area contributed by atoms with Crippen molar-refractivity contribution in [3.63, 3.8) is 0 Å². The van der Waals surface area contributed by atoms with E-state index < -0.39 is 11.7 Å². The summed E-state index contributed by atoms with van der Waals surface area (Å²) in [7, 11) is 0. The molecular weight excluding hydrogens is 471 g/mol. The van der Waals surface area contributed by atoms with Crippen molar-refractivity contribution in [2.45, 2.75) is 97.3 Å². The van der Waals surface area contributed by atoms with Gasteiger partial charge in [0.25, 0.3) is 0 Å². The van der Waals surface area contributed by atoms with Gasteiger partial charge in [-0.15, -0.1) is 0 Å². The quantitative estimate of drug-likeness (QED) is 0.434. The maximum absolute atomic E-state index is 13.6. The normalized spacial score (nSPS) is 16.2. The minimum atomic E-state index is -4.57. The van der Waals surface area contributed by atoms with Crippen molar-refractivity contribution < 1.29 is 18.3 Å². The van der Waals surface area contributed by atoms with E-state index in [1.807, 2.05) is 12.1 Å². The number of hydrogen-bond acceptors (Lipinski definition) is 2.